The normalized spacial score (nSPS) is 15.1. The molecule has 0 radical (unpaired) electrons. The maximum absolute atomic E-state index is 13.6. The summed E-state index contributed by atoms with van der Waals surface area (Å²) in [4.78, 5) is 18.5. The van der Waals surface area contributed by atoms with Gasteiger partial charge < -0.3 is 18.9 Å². The Kier molecular flexibility index (Phi) is 8.30. The van der Waals surface area contributed by atoms with Crippen LogP contribution >= 0.6 is 31.9 Å². The van der Waals surface area contributed by atoms with Crippen LogP contribution in [0.3, 0.4) is 0 Å². The van der Waals surface area contributed by atoms with Crippen LogP contribution in [-0.4, -0.2) is 29.3 Å². The highest BCUT2D eigenvalue weighted by molar-refractivity contribution is 9.13. The largest absolute Gasteiger partial charge is 0.490 e. The third kappa shape index (κ3) is 5.72. The number of halogens is 2. The lowest BCUT2D eigenvalue weighted by Gasteiger charge is -2.22. The van der Waals surface area contributed by atoms with Gasteiger partial charge in [0.15, 0.2) is 23.0 Å². The van der Waals surface area contributed by atoms with Gasteiger partial charge in [0.2, 0.25) is 6.79 Å². The van der Waals surface area contributed by atoms with E-state index in [9.17, 15) is 4.79 Å². The smallest absolute Gasteiger partial charge is 0.282 e. The topological polar surface area (TPSA) is 84.2 Å². The summed E-state index contributed by atoms with van der Waals surface area (Å²) in [5.74, 6) is 3.45. The molecular formula is C31H29Br2N3O5. The molecular weight excluding hydrogens is 654 g/mol. The van der Waals surface area contributed by atoms with Gasteiger partial charge in [-0.25, -0.2) is 4.98 Å². The van der Waals surface area contributed by atoms with Gasteiger partial charge in [0.05, 0.1) is 28.2 Å². The predicted molar refractivity (Wildman–Crippen MR) is 165 cm³/mol. The second kappa shape index (κ2) is 12.2. The van der Waals surface area contributed by atoms with Crippen molar-refractivity contribution in [2.24, 2.45) is 5.10 Å². The second-order valence-electron chi connectivity index (χ2n) is 10.0. The van der Waals surface area contributed by atoms with Gasteiger partial charge in [-0.1, -0.05) is 37.5 Å². The molecule has 1 aliphatic carbocycles. The zero-order valence-electron chi connectivity index (χ0n) is 22.6. The molecule has 1 fully saturated rings. The van der Waals surface area contributed by atoms with E-state index in [0.717, 1.165) is 47.0 Å². The molecule has 8 nitrogen and oxygen atoms in total. The number of rotatable bonds is 8. The third-order valence-electron chi connectivity index (χ3n) is 7.34. The van der Waals surface area contributed by atoms with Crippen molar-refractivity contribution in [1.29, 1.82) is 0 Å². The fourth-order valence-corrected chi connectivity index (χ4v) is 6.22. The first-order chi connectivity index (χ1) is 20.0. The lowest BCUT2D eigenvalue weighted by atomic mass is 9.88. The Morgan fingerprint density at radius 1 is 1.02 bits per heavy atom. The maximum Gasteiger partial charge on any atom is 0.282 e. The number of hydrogen-bond acceptors (Lipinski definition) is 7. The van der Waals surface area contributed by atoms with Gasteiger partial charge in [-0.15, -0.1) is 0 Å². The van der Waals surface area contributed by atoms with Crippen molar-refractivity contribution in [3.63, 3.8) is 0 Å². The lowest BCUT2D eigenvalue weighted by molar-refractivity contribution is 0.174. The van der Waals surface area contributed by atoms with Crippen LogP contribution in [0.1, 0.15) is 61.9 Å². The Balaban J connectivity index is 1.35. The van der Waals surface area contributed by atoms with E-state index in [0.29, 0.717) is 51.7 Å². The molecule has 212 valence electrons. The zero-order valence-corrected chi connectivity index (χ0v) is 25.7. The fourth-order valence-electron chi connectivity index (χ4n) is 5.28. The van der Waals surface area contributed by atoms with Gasteiger partial charge in [-0.2, -0.15) is 9.78 Å². The SMILES string of the molecule is CCOc1cc(C=Nn2c(C3CCCCC3)nc3ccccc3c2=O)c(Br)c(Br)c1OCc1ccc2c(c1)OCO2. The second-order valence-corrected chi connectivity index (χ2v) is 11.6. The highest BCUT2D eigenvalue weighted by atomic mass is 79.9. The first kappa shape index (κ1) is 27.8. The fraction of sp³-hybridized carbons (Fsp3) is 0.323. The minimum Gasteiger partial charge on any atom is -0.490 e. The van der Waals surface area contributed by atoms with Crippen LogP contribution < -0.4 is 24.5 Å². The van der Waals surface area contributed by atoms with Crippen molar-refractivity contribution < 1.29 is 18.9 Å². The first-order valence-electron chi connectivity index (χ1n) is 13.8. The Bertz CT molecular complexity index is 1680. The van der Waals surface area contributed by atoms with Gasteiger partial charge in [-0.3, -0.25) is 4.79 Å². The molecule has 10 heteroatoms. The van der Waals surface area contributed by atoms with Crippen molar-refractivity contribution in [2.75, 3.05) is 13.4 Å². The molecule has 0 amide bonds. The van der Waals surface area contributed by atoms with Gasteiger partial charge in [0, 0.05) is 16.0 Å². The van der Waals surface area contributed by atoms with Crippen LogP contribution in [-0.2, 0) is 6.61 Å². The number of fused-ring (bicyclic) bond motifs is 2. The molecule has 0 N–H and O–H groups in total. The van der Waals surface area contributed by atoms with E-state index in [2.05, 4.69) is 31.9 Å². The summed E-state index contributed by atoms with van der Waals surface area (Å²) < 4.78 is 26.0. The minimum atomic E-state index is -0.170. The minimum absolute atomic E-state index is 0.170. The summed E-state index contributed by atoms with van der Waals surface area (Å²) in [5, 5.41) is 5.25. The molecule has 0 bridgehead atoms. The molecule has 1 aromatic heterocycles. The van der Waals surface area contributed by atoms with Crippen LogP contribution in [0.2, 0.25) is 0 Å². The molecule has 2 aliphatic rings. The highest BCUT2D eigenvalue weighted by Gasteiger charge is 2.23. The Morgan fingerprint density at radius 3 is 2.66 bits per heavy atom. The molecule has 4 aromatic rings. The van der Waals surface area contributed by atoms with Crippen LogP contribution in [0.15, 0.2) is 67.4 Å². The Labute approximate surface area is 254 Å². The standard InChI is InChI=1S/C31H29Br2N3O5/c1-2-38-26-15-21(27(32)28(33)29(26)39-17-19-12-13-24-25(14-19)41-18-40-24)16-34-36-30(20-8-4-3-5-9-20)35-23-11-7-6-10-22(23)31(36)37/h6-7,10-16,20H,2-5,8-9,17-18H2,1H3. The van der Waals surface area contributed by atoms with E-state index in [1.54, 1.807) is 12.3 Å². The van der Waals surface area contributed by atoms with Crippen molar-refractivity contribution in [3.05, 3.63) is 84.8 Å². The summed E-state index contributed by atoms with van der Waals surface area (Å²) in [7, 11) is 0. The first-order valence-corrected chi connectivity index (χ1v) is 15.3. The maximum atomic E-state index is 13.6. The monoisotopic (exact) mass is 681 g/mol. The third-order valence-corrected chi connectivity index (χ3v) is 9.48. The highest BCUT2D eigenvalue weighted by Crippen LogP contribution is 2.43. The molecule has 3 aromatic carbocycles. The van der Waals surface area contributed by atoms with E-state index in [1.807, 2.05) is 49.4 Å². The molecule has 0 unspecified atom stereocenters. The van der Waals surface area contributed by atoms with Crippen molar-refractivity contribution in [2.45, 2.75) is 51.6 Å². The number of para-hydroxylation sites is 1. The lowest BCUT2D eigenvalue weighted by Crippen LogP contribution is -2.25. The molecule has 41 heavy (non-hydrogen) atoms. The Morgan fingerprint density at radius 2 is 1.83 bits per heavy atom. The summed E-state index contributed by atoms with van der Waals surface area (Å²) in [5.41, 5.74) is 2.20. The molecule has 6 rings (SSSR count). The number of ether oxygens (including phenoxy) is 4. The molecule has 0 atom stereocenters. The number of hydrogen-bond donors (Lipinski definition) is 0. The van der Waals surface area contributed by atoms with Crippen LogP contribution in [0.25, 0.3) is 10.9 Å². The number of nitrogens with zero attached hydrogens (tertiary/aromatic N) is 3. The van der Waals surface area contributed by atoms with E-state index >= 15 is 0 Å². The van der Waals surface area contributed by atoms with Crippen LogP contribution in [0.4, 0.5) is 0 Å². The molecule has 1 aliphatic heterocycles. The molecule has 2 heterocycles. The van der Waals surface area contributed by atoms with E-state index in [-0.39, 0.29) is 18.3 Å². The van der Waals surface area contributed by atoms with Crippen molar-refractivity contribution in [1.82, 2.24) is 9.66 Å². The molecule has 0 saturated heterocycles. The van der Waals surface area contributed by atoms with Crippen molar-refractivity contribution >= 4 is 49.0 Å². The number of benzene rings is 3. The van der Waals surface area contributed by atoms with E-state index in [4.69, 9.17) is 29.0 Å². The quantitative estimate of drug-likeness (QED) is 0.178. The summed E-state index contributed by atoms with van der Waals surface area (Å²) >= 11 is 7.38. The molecule has 1 saturated carbocycles. The summed E-state index contributed by atoms with van der Waals surface area (Å²) in [6.07, 6.45) is 7.13. The Hall–Kier alpha value is -3.37. The summed E-state index contributed by atoms with van der Waals surface area (Å²) in [6.45, 7) is 2.89. The van der Waals surface area contributed by atoms with Gasteiger partial charge in [-0.05, 0) is 87.5 Å². The zero-order chi connectivity index (χ0) is 28.3. The van der Waals surface area contributed by atoms with E-state index < -0.39 is 0 Å². The average molecular weight is 683 g/mol. The van der Waals surface area contributed by atoms with Gasteiger partial charge in [0.1, 0.15) is 12.4 Å². The average Bonchev–Trinajstić information content (AvgIpc) is 3.47. The summed E-state index contributed by atoms with van der Waals surface area (Å²) in [6, 6.07) is 15.0. The van der Waals surface area contributed by atoms with Crippen LogP contribution in [0.5, 0.6) is 23.0 Å². The molecule has 0 spiro atoms. The van der Waals surface area contributed by atoms with Crippen LogP contribution in [0, 0.1) is 0 Å². The van der Waals surface area contributed by atoms with E-state index in [1.165, 1.54) is 11.1 Å². The van der Waals surface area contributed by atoms with Gasteiger partial charge in [0.25, 0.3) is 5.56 Å². The number of aromatic nitrogens is 2. The van der Waals surface area contributed by atoms with Gasteiger partial charge >= 0.3 is 0 Å². The predicted octanol–water partition coefficient (Wildman–Crippen LogP) is 7.56. The van der Waals surface area contributed by atoms with Crippen molar-refractivity contribution in [3.8, 4) is 23.0 Å².